The number of rotatable bonds is 5. The van der Waals surface area contributed by atoms with E-state index in [1.54, 1.807) is 0 Å². The van der Waals surface area contributed by atoms with E-state index in [0.717, 1.165) is 0 Å². The third-order valence-corrected chi connectivity index (χ3v) is 7.00. The monoisotopic (exact) mass is 333 g/mol. The fourth-order valence-corrected chi connectivity index (χ4v) is 5.39. The fourth-order valence-electron chi connectivity index (χ4n) is 2.87. The summed E-state index contributed by atoms with van der Waals surface area (Å²) in [5.74, 6) is 2.23. The maximum absolute atomic E-state index is 5.02. The molecule has 122 valence electrons. The molecule has 0 saturated carbocycles. The van der Waals surface area contributed by atoms with Gasteiger partial charge in [-0.25, -0.2) is 0 Å². The van der Waals surface area contributed by atoms with E-state index in [1.807, 2.05) is 0 Å². The minimum atomic E-state index is -1.47. The van der Waals surface area contributed by atoms with Gasteiger partial charge in [0.25, 0.3) is 0 Å². The van der Waals surface area contributed by atoms with Crippen LogP contribution in [0.1, 0.15) is 19.4 Å². The number of aliphatic imine (C=N–C) groups is 1. The quantitative estimate of drug-likeness (QED) is 0.480. The summed E-state index contributed by atoms with van der Waals surface area (Å²) in [6, 6.07) is 32.0. The molecular formula is C22H24NP. The van der Waals surface area contributed by atoms with E-state index in [-0.39, 0.29) is 5.54 Å². The van der Waals surface area contributed by atoms with Gasteiger partial charge in [0.05, 0.1) is 0 Å². The van der Waals surface area contributed by atoms with E-state index < -0.39 is 7.92 Å². The van der Waals surface area contributed by atoms with Crippen molar-refractivity contribution in [2.45, 2.75) is 19.4 Å². The molecule has 0 saturated heterocycles. The van der Waals surface area contributed by atoms with Crippen LogP contribution >= 0.6 is 7.92 Å². The summed E-state index contributed by atoms with van der Waals surface area (Å²) in [5.41, 5.74) is 1.03. The molecule has 0 radical (unpaired) electrons. The molecule has 0 N–H and O–H groups in total. The van der Waals surface area contributed by atoms with Crippen molar-refractivity contribution in [1.82, 2.24) is 0 Å². The van der Waals surface area contributed by atoms with E-state index in [9.17, 15) is 0 Å². The van der Waals surface area contributed by atoms with Gasteiger partial charge < -0.3 is 0 Å². The molecule has 0 amide bonds. The second kappa shape index (κ2) is 7.55. The summed E-state index contributed by atoms with van der Waals surface area (Å²) >= 11 is 0. The zero-order valence-corrected chi connectivity index (χ0v) is 15.4. The van der Waals surface area contributed by atoms with Crippen molar-refractivity contribution in [3.05, 3.63) is 96.6 Å². The van der Waals surface area contributed by atoms with Crippen molar-refractivity contribution < 1.29 is 0 Å². The molecule has 0 aliphatic carbocycles. The van der Waals surface area contributed by atoms with Crippen LogP contribution in [0.25, 0.3) is 0 Å². The molecule has 0 fully saturated rings. The minimum absolute atomic E-state index is 0.212. The van der Waals surface area contributed by atoms with Gasteiger partial charge in [0.2, 0.25) is 0 Å². The summed E-state index contributed by atoms with van der Waals surface area (Å²) in [6.07, 6.45) is 0. The maximum atomic E-state index is 5.02. The summed E-state index contributed by atoms with van der Waals surface area (Å²) < 4.78 is 0. The van der Waals surface area contributed by atoms with Crippen LogP contribution in [0, 0.1) is 0 Å². The van der Waals surface area contributed by atoms with Gasteiger partial charge >= 0.3 is 145 Å². The molecule has 2 heteroatoms. The van der Waals surface area contributed by atoms with Gasteiger partial charge in [0.15, 0.2) is 0 Å². The van der Waals surface area contributed by atoms with Gasteiger partial charge in [0, 0.05) is 0 Å². The van der Waals surface area contributed by atoms with Crippen LogP contribution in [0.2, 0.25) is 0 Å². The molecule has 3 aromatic rings. The number of benzene rings is 3. The molecule has 0 spiro atoms. The molecule has 3 aromatic carbocycles. The third kappa shape index (κ3) is 3.99. The Hall–Kier alpha value is -2.24. The average molecular weight is 333 g/mol. The van der Waals surface area contributed by atoms with Crippen molar-refractivity contribution >= 4 is 24.5 Å². The van der Waals surface area contributed by atoms with Crippen LogP contribution in [-0.2, 0) is 5.54 Å². The molecule has 0 aliphatic heterocycles. The summed E-state index contributed by atoms with van der Waals surface area (Å²) in [6.45, 7) is 4.36. The number of hydrogen-bond donors (Lipinski definition) is 0. The topological polar surface area (TPSA) is 12.4 Å². The predicted molar refractivity (Wildman–Crippen MR) is 110 cm³/mol. The van der Waals surface area contributed by atoms with Crippen molar-refractivity contribution in [2.24, 2.45) is 4.99 Å². The van der Waals surface area contributed by atoms with Crippen LogP contribution in [0.4, 0.5) is 0 Å². The molecule has 3 rings (SSSR count). The van der Waals surface area contributed by atoms with E-state index in [2.05, 4.69) is 111 Å². The first-order valence-electron chi connectivity index (χ1n) is 8.37. The summed E-state index contributed by atoms with van der Waals surface area (Å²) in [4.78, 5) is 5.02. The average Bonchev–Trinajstić information content (AvgIpc) is 2.64. The first-order valence-corrected chi connectivity index (χ1v) is 10.2. The predicted octanol–water partition coefficient (Wildman–Crippen LogP) is 4.55. The molecule has 0 heterocycles. The molecular weight excluding hydrogens is 309 g/mol. The van der Waals surface area contributed by atoms with Crippen molar-refractivity contribution in [1.29, 1.82) is 0 Å². The SMILES string of the molecule is CC(C)(N=C[PH2](c1ccccc1)c1ccccc1)c1ccccc1. The Morgan fingerprint density at radius 3 is 1.54 bits per heavy atom. The molecule has 24 heavy (non-hydrogen) atoms. The first kappa shape index (κ1) is 16.6. The number of hydrogen-bond acceptors (Lipinski definition) is 1. The van der Waals surface area contributed by atoms with E-state index in [0.29, 0.717) is 0 Å². The number of nitrogens with zero attached hydrogens (tertiary/aromatic N) is 1. The Morgan fingerprint density at radius 1 is 0.667 bits per heavy atom. The normalized spacial score (nSPS) is 12.3. The molecule has 0 aliphatic rings. The summed E-state index contributed by atoms with van der Waals surface area (Å²) in [5, 5.41) is 2.80. The van der Waals surface area contributed by atoms with E-state index in [1.165, 1.54) is 16.2 Å². The van der Waals surface area contributed by atoms with Crippen LogP contribution in [0.5, 0.6) is 0 Å². The second-order valence-corrected chi connectivity index (χ2v) is 9.09. The van der Waals surface area contributed by atoms with Gasteiger partial charge in [-0.15, -0.1) is 0 Å². The van der Waals surface area contributed by atoms with Gasteiger partial charge in [-0.1, -0.05) is 0 Å². The van der Waals surface area contributed by atoms with Gasteiger partial charge in [-0.2, -0.15) is 0 Å². The molecule has 0 atom stereocenters. The van der Waals surface area contributed by atoms with E-state index in [4.69, 9.17) is 4.99 Å². The Bertz CT molecular complexity index is 740. The van der Waals surface area contributed by atoms with Gasteiger partial charge in [-0.05, 0) is 0 Å². The zero-order valence-electron chi connectivity index (χ0n) is 14.3. The Morgan fingerprint density at radius 2 is 1.08 bits per heavy atom. The van der Waals surface area contributed by atoms with Gasteiger partial charge in [-0.3, -0.25) is 0 Å². The second-order valence-electron chi connectivity index (χ2n) is 6.50. The fraction of sp³-hybridized carbons (Fsp3) is 0.136. The molecule has 0 unspecified atom stereocenters. The van der Waals surface area contributed by atoms with Crippen molar-refractivity contribution in [3.8, 4) is 0 Å². The van der Waals surface area contributed by atoms with Crippen molar-refractivity contribution in [2.75, 3.05) is 0 Å². The van der Waals surface area contributed by atoms with Crippen molar-refractivity contribution in [3.63, 3.8) is 0 Å². The van der Waals surface area contributed by atoms with Crippen LogP contribution in [0.15, 0.2) is 96.0 Å². The Kier molecular flexibility index (Phi) is 5.23. The Balaban J connectivity index is 1.95. The van der Waals surface area contributed by atoms with Crippen LogP contribution < -0.4 is 10.6 Å². The Labute approximate surface area is 145 Å². The van der Waals surface area contributed by atoms with Gasteiger partial charge in [0.1, 0.15) is 0 Å². The molecule has 0 bridgehead atoms. The van der Waals surface area contributed by atoms with E-state index >= 15 is 0 Å². The summed E-state index contributed by atoms with van der Waals surface area (Å²) in [7, 11) is -1.47. The van der Waals surface area contributed by atoms with Crippen LogP contribution in [-0.4, -0.2) is 5.96 Å². The molecule has 1 nitrogen and oxygen atoms in total. The third-order valence-electron chi connectivity index (χ3n) is 4.34. The van der Waals surface area contributed by atoms with Crippen LogP contribution in [0.3, 0.4) is 0 Å². The zero-order chi connectivity index (χ0) is 16.8. The standard InChI is InChI=1S/C22H24NP/c1-22(2,19-12-6-3-7-13-19)23-18-24(20-14-8-4-9-15-20)21-16-10-5-11-17-21/h3-18H,24H2,1-2H3. The first-order chi connectivity index (χ1) is 11.7. The molecule has 0 aromatic heterocycles.